The van der Waals surface area contributed by atoms with Gasteiger partial charge in [0.1, 0.15) is 0 Å². The first-order valence-electron chi connectivity index (χ1n) is 9.27. The predicted molar refractivity (Wildman–Crippen MR) is 103 cm³/mol. The third-order valence-electron chi connectivity index (χ3n) is 3.14. The van der Waals surface area contributed by atoms with Crippen LogP contribution in [0.3, 0.4) is 0 Å². The van der Waals surface area contributed by atoms with E-state index in [4.69, 9.17) is 15.3 Å². The second kappa shape index (κ2) is 33.0. The quantitative estimate of drug-likeness (QED) is 0.341. The van der Waals surface area contributed by atoms with Crippen molar-refractivity contribution in [2.24, 2.45) is 0 Å². The summed E-state index contributed by atoms with van der Waals surface area (Å²) in [5.41, 5.74) is 0. The summed E-state index contributed by atoms with van der Waals surface area (Å²) in [5, 5.41) is 24.9. The van der Waals surface area contributed by atoms with Gasteiger partial charge in [-0.2, -0.15) is 0 Å². The fraction of sp³-hybridized carbons (Fsp3) is 1.00. The highest BCUT2D eigenvalue weighted by molar-refractivity contribution is 7.16. The maximum Gasteiger partial charge on any atom is 0.0431 e. The molecule has 1 unspecified atom stereocenters. The highest BCUT2D eigenvalue weighted by Crippen LogP contribution is 2.00. The maximum atomic E-state index is 8.36. The van der Waals surface area contributed by atoms with Crippen LogP contribution >= 0.6 is 9.24 Å². The van der Waals surface area contributed by atoms with Crippen molar-refractivity contribution in [1.29, 1.82) is 0 Å². The maximum absolute atomic E-state index is 8.36. The fourth-order valence-corrected chi connectivity index (χ4v) is 1.98. The molecule has 3 nitrogen and oxygen atoms in total. The molecule has 0 spiro atoms. The van der Waals surface area contributed by atoms with Crippen molar-refractivity contribution in [3.05, 3.63) is 0 Å². The van der Waals surface area contributed by atoms with Crippen molar-refractivity contribution in [2.75, 3.05) is 26.0 Å². The van der Waals surface area contributed by atoms with Crippen LogP contribution in [0.1, 0.15) is 90.9 Å². The average Bonchev–Trinajstić information content (AvgIpc) is 2.54. The summed E-state index contributed by atoms with van der Waals surface area (Å²) in [6.45, 7) is 5.41. The molecule has 1 atom stereocenters. The van der Waals surface area contributed by atoms with Crippen molar-refractivity contribution in [1.82, 2.24) is 0 Å². The van der Waals surface area contributed by atoms with Crippen LogP contribution in [-0.4, -0.2) is 41.3 Å². The first-order valence-corrected chi connectivity index (χ1v) is 10.1. The van der Waals surface area contributed by atoms with Gasteiger partial charge in [-0.3, -0.25) is 0 Å². The van der Waals surface area contributed by atoms with Crippen molar-refractivity contribution >= 4 is 9.24 Å². The molecule has 0 aromatic rings. The lowest BCUT2D eigenvalue weighted by Crippen LogP contribution is -1.82. The Hall–Kier alpha value is 0.310. The highest BCUT2D eigenvalue weighted by Gasteiger charge is 1.84. The summed E-state index contributed by atoms with van der Waals surface area (Å²) < 4.78 is 0. The normalized spacial score (nSPS) is 9.55. The molecule has 0 saturated carbocycles. The minimum absolute atomic E-state index is 0.358. The molecule has 0 bridgehead atoms. The molecular formula is C18H43O3P. The molecule has 0 aliphatic carbocycles. The Balaban J connectivity index is -0.000000247. The Morgan fingerprint density at radius 1 is 0.500 bits per heavy atom. The van der Waals surface area contributed by atoms with Crippen LogP contribution in [0, 0.1) is 0 Å². The third-order valence-corrected chi connectivity index (χ3v) is 3.54. The molecule has 0 aliphatic heterocycles. The molecule has 0 fully saturated rings. The predicted octanol–water partition coefficient (Wildman–Crippen LogP) is 4.53. The van der Waals surface area contributed by atoms with Gasteiger partial charge in [0.2, 0.25) is 0 Å². The van der Waals surface area contributed by atoms with Gasteiger partial charge >= 0.3 is 0 Å². The van der Waals surface area contributed by atoms with E-state index >= 15 is 0 Å². The van der Waals surface area contributed by atoms with Gasteiger partial charge in [0.25, 0.3) is 0 Å². The van der Waals surface area contributed by atoms with Crippen LogP contribution in [0.25, 0.3) is 0 Å². The topological polar surface area (TPSA) is 60.7 Å². The van der Waals surface area contributed by atoms with E-state index in [1.807, 2.05) is 0 Å². The lowest BCUT2D eigenvalue weighted by atomic mass is 10.2. The molecule has 22 heavy (non-hydrogen) atoms. The standard InChI is InChI=1S/C6H15OP.2C6H14O/c7-5-3-1-2-4-6-8;2*1-2-3-4-5-6-7/h7H,1-6,8H2;2*7H,2-6H2,1H3. The van der Waals surface area contributed by atoms with Crippen LogP contribution < -0.4 is 0 Å². The van der Waals surface area contributed by atoms with Crippen molar-refractivity contribution in [3.63, 3.8) is 0 Å². The van der Waals surface area contributed by atoms with E-state index in [0.717, 1.165) is 19.3 Å². The van der Waals surface area contributed by atoms with E-state index in [0.29, 0.717) is 19.8 Å². The number of unbranched alkanes of at least 4 members (excludes halogenated alkanes) is 9. The highest BCUT2D eigenvalue weighted by atomic mass is 31.0. The summed E-state index contributed by atoms with van der Waals surface area (Å²) in [6.07, 6.45) is 15.3. The minimum Gasteiger partial charge on any atom is -0.396 e. The lowest BCUT2D eigenvalue weighted by molar-refractivity contribution is 0.282. The third kappa shape index (κ3) is 42.7. The molecule has 0 amide bonds. The zero-order valence-electron chi connectivity index (χ0n) is 15.2. The second-order valence-corrected chi connectivity index (χ2v) is 6.07. The Labute approximate surface area is 142 Å². The molecule has 3 N–H and O–H groups in total. The average molecular weight is 339 g/mol. The summed E-state index contributed by atoms with van der Waals surface area (Å²) >= 11 is 0. The second-order valence-electron chi connectivity index (χ2n) is 5.50. The van der Waals surface area contributed by atoms with Crippen LogP contribution in [0.2, 0.25) is 0 Å². The van der Waals surface area contributed by atoms with Gasteiger partial charge in [-0.1, -0.05) is 65.2 Å². The molecule has 0 heterocycles. The van der Waals surface area contributed by atoms with E-state index in [2.05, 4.69) is 23.1 Å². The number of hydrogen-bond acceptors (Lipinski definition) is 3. The van der Waals surface area contributed by atoms with Gasteiger partial charge in [0.15, 0.2) is 0 Å². The molecule has 0 saturated heterocycles. The fourth-order valence-electron chi connectivity index (χ4n) is 1.69. The molecule has 0 aromatic heterocycles. The van der Waals surface area contributed by atoms with E-state index < -0.39 is 0 Å². The van der Waals surface area contributed by atoms with Gasteiger partial charge < -0.3 is 15.3 Å². The van der Waals surface area contributed by atoms with Crippen LogP contribution in [0.5, 0.6) is 0 Å². The number of hydrogen-bond donors (Lipinski definition) is 3. The molecule has 0 rings (SSSR count). The first-order chi connectivity index (χ1) is 10.7. The Kier molecular flexibility index (Phi) is 40.8. The van der Waals surface area contributed by atoms with Gasteiger partial charge in [-0.25, -0.2) is 0 Å². The number of aliphatic hydroxyl groups is 3. The largest absolute Gasteiger partial charge is 0.396 e. The summed E-state index contributed by atoms with van der Waals surface area (Å²) in [6, 6.07) is 0. The van der Waals surface area contributed by atoms with E-state index in [1.165, 1.54) is 63.9 Å². The molecule has 0 aliphatic rings. The number of rotatable bonds is 13. The minimum atomic E-state index is 0.358. The SMILES string of the molecule is CCCCCCO.CCCCCCO.OCCCCCCP. The van der Waals surface area contributed by atoms with Gasteiger partial charge in [0.05, 0.1) is 0 Å². The van der Waals surface area contributed by atoms with Crippen LogP contribution in [-0.2, 0) is 0 Å². The van der Waals surface area contributed by atoms with Crippen molar-refractivity contribution in [3.8, 4) is 0 Å². The summed E-state index contributed by atoms with van der Waals surface area (Å²) in [5.74, 6) is 0. The van der Waals surface area contributed by atoms with Gasteiger partial charge in [-0.15, -0.1) is 9.24 Å². The van der Waals surface area contributed by atoms with Gasteiger partial charge in [-0.05, 0) is 31.8 Å². The van der Waals surface area contributed by atoms with E-state index in [9.17, 15) is 0 Å². The smallest absolute Gasteiger partial charge is 0.0431 e. The van der Waals surface area contributed by atoms with Crippen LogP contribution in [0.15, 0.2) is 0 Å². The monoisotopic (exact) mass is 338 g/mol. The van der Waals surface area contributed by atoms with Crippen molar-refractivity contribution < 1.29 is 15.3 Å². The summed E-state index contributed by atoms with van der Waals surface area (Å²) in [7, 11) is 2.70. The zero-order chi connectivity index (χ0) is 17.3. The molecule has 0 radical (unpaired) electrons. The zero-order valence-corrected chi connectivity index (χ0v) is 16.4. The Bertz CT molecular complexity index is 122. The Morgan fingerprint density at radius 3 is 1.09 bits per heavy atom. The van der Waals surface area contributed by atoms with Gasteiger partial charge in [0, 0.05) is 19.8 Å². The van der Waals surface area contributed by atoms with E-state index in [1.54, 1.807) is 0 Å². The van der Waals surface area contributed by atoms with Crippen LogP contribution in [0.4, 0.5) is 0 Å². The molecule has 4 heteroatoms. The molecular weight excluding hydrogens is 295 g/mol. The molecule has 0 aromatic carbocycles. The first kappa shape index (κ1) is 27.2. The summed E-state index contributed by atoms with van der Waals surface area (Å²) in [4.78, 5) is 0. The van der Waals surface area contributed by atoms with E-state index in [-0.39, 0.29) is 0 Å². The lowest BCUT2D eigenvalue weighted by Gasteiger charge is -1.93. The molecule has 138 valence electrons. The van der Waals surface area contributed by atoms with Crippen molar-refractivity contribution in [2.45, 2.75) is 90.9 Å². The Morgan fingerprint density at radius 2 is 0.818 bits per heavy atom. The number of aliphatic hydroxyl groups excluding tert-OH is 3.